The Morgan fingerprint density at radius 2 is 2.20 bits per heavy atom. The van der Waals surface area contributed by atoms with Crippen molar-refractivity contribution in [3.63, 3.8) is 0 Å². The van der Waals surface area contributed by atoms with Gasteiger partial charge in [-0.1, -0.05) is 19.1 Å². The normalized spacial score (nSPS) is 18.1. The lowest BCUT2D eigenvalue weighted by molar-refractivity contribution is -0.115. The molecule has 0 spiro atoms. The third kappa shape index (κ3) is 5.28. The van der Waals surface area contributed by atoms with Crippen LogP contribution < -0.4 is 10.1 Å². The highest BCUT2D eigenvalue weighted by molar-refractivity contribution is 7.13. The van der Waals surface area contributed by atoms with E-state index < -0.39 is 0 Å². The summed E-state index contributed by atoms with van der Waals surface area (Å²) in [7, 11) is 1.63. The van der Waals surface area contributed by atoms with Crippen LogP contribution in [0.3, 0.4) is 0 Å². The van der Waals surface area contributed by atoms with Crippen LogP contribution in [-0.4, -0.2) is 36.0 Å². The topological polar surface area (TPSA) is 54.5 Å². The van der Waals surface area contributed by atoms with Gasteiger partial charge in [-0.25, -0.2) is 4.98 Å². The summed E-state index contributed by atoms with van der Waals surface area (Å²) >= 11 is 1.49. The molecule has 6 heteroatoms. The largest absolute Gasteiger partial charge is 0.497 e. The SMILES string of the molecule is COc1ccc(CC(=O)Nc2nc(CN3CCCC(C)C3)cs2)cc1. The van der Waals surface area contributed by atoms with E-state index in [2.05, 4.69) is 22.1 Å². The molecule has 1 unspecified atom stereocenters. The first kappa shape index (κ1) is 17.9. The molecule has 2 heterocycles. The molecule has 1 amide bonds. The van der Waals surface area contributed by atoms with Crippen LogP contribution in [0.25, 0.3) is 0 Å². The molecule has 2 aromatic rings. The maximum atomic E-state index is 12.2. The van der Waals surface area contributed by atoms with E-state index in [9.17, 15) is 4.79 Å². The second-order valence-corrected chi connectivity index (χ2v) is 7.56. The average Bonchev–Trinajstić information content (AvgIpc) is 3.02. The van der Waals surface area contributed by atoms with Crippen molar-refractivity contribution in [2.45, 2.75) is 32.7 Å². The van der Waals surface area contributed by atoms with Crippen LogP contribution in [0.4, 0.5) is 5.13 Å². The van der Waals surface area contributed by atoms with Gasteiger partial charge in [0.05, 0.1) is 19.2 Å². The van der Waals surface area contributed by atoms with Gasteiger partial charge in [0, 0.05) is 18.5 Å². The number of benzene rings is 1. The second-order valence-electron chi connectivity index (χ2n) is 6.70. The molecule has 1 aliphatic heterocycles. The summed E-state index contributed by atoms with van der Waals surface area (Å²) in [5, 5.41) is 5.63. The maximum absolute atomic E-state index is 12.2. The van der Waals surface area contributed by atoms with Crippen molar-refractivity contribution in [3.05, 3.63) is 40.9 Å². The van der Waals surface area contributed by atoms with Gasteiger partial charge in [-0.2, -0.15) is 0 Å². The Hall–Kier alpha value is -1.92. The number of carbonyl (C=O) groups is 1. The van der Waals surface area contributed by atoms with Gasteiger partial charge < -0.3 is 10.1 Å². The number of thiazole rings is 1. The lowest BCUT2D eigenvalue weighted by Crippen LogP contribution is -2.33. The Bertz CT molecular complexity index is 699. The Kier molecular flexibility index (Phi) is 6.04. The maximum Gasteiger partial charge on any atom is 0.230 e. The number of aromatic nitrogens is 1. The monoisotopic (exact) mass is 359 g/mol. The van der Waals surface area contributed by atoms with Crippen LogP contribution in [-0.2, 0) is 17.8 Å². The molecule has 3 rings (SSSR count). The molecule has 1 aromatic carbocycles. The average molecular weight is 359 g/mol. The van der Waals surface area contributed by atoms with Crippen LogP contribution in [0.1, 0.15) is 31.0 Å². The molecule has 0 saturated carbocycles. The predicted molar refractivity (Wildman–Crippen MR) is 101 cm³/mol. The molecule has 134 valence electrons. The van der Waals surface area contributed by atoms with Crippen molar-refractivity contribution in [1.29, 1.82) is 0 Å². The number of piperidine rings is 1. The van der Waals surface area contributed by atoms with Gasteiger partial charge >= 0.3 is 0 Å². The number of anilines is 1. The zero-order valence-electron chi connectivity index (χ0n) is 14.8. The lowest BCUT2D eigenvalue weighted by atomic mass is 10.0. The van der Waals surface area contributed by atoms with E-state index in [4.69, 9.17) is 4.74 Å². The van der Waals surface area contributed by atoms with E-state index in [0.29, 0.717) is 11.6 Å². The fourth-order valence-electron chi connectivity index (χ4n) is 3.19. The van der Waals surface area contributed by atoms with E-state index in [0.717, 1.165) is 42.6 Å². The molecule has 5 nitrogen and oxygen atoms in total. The molecule has 1 fully saturated rings. The predicted octanol–water partition coefficient (Wildman–Crippen LogP) is 3.56. The highest BCUT2D eigenvalue weighted by Crippen LogP contribution is 2.21. The van der Waals surface area contributed by atoms with Gasteiger partial charge in [-0.15, -0.1) is 11.3 Å². The third-order valence-electron chi connectivity index (χ3n) is 4.45. The molecule has 1 saturated heterocycles. The summed E-state index contributed by atoms with van der Waals surface area (Å²) in [6.45, 7) is 5.45. The van der Waals surface area contributed by atoms with Gasteiger partial charge in [0.2, 0.25) is 5.91 Å². The number of methoxy groups -OCH3 is 1. The van der Waals surface area contributed by atoms with Crippen molar-refractivity contribution in [2.24, 2.45) is 5.92 Å². The quantitative estimate of drug-likeness (QED) is 0.857. The first-order valence-electron chi connectivity index (χ1n) is 8.72. The first-order chi connectivity index (χ1) is 12.1. The van der Waals surface area contributed by atoms with Crippen LogP contribution in [0.2, 0.25) is 0 Å². The first-order valence-corrected chi connectivity index (χ1v) is 9.60. The number of hydrogen-bond acceptors (Lipinski definition) is 5. The van der Waals surface area contributed by atoms with Gasteiger partial charge in [-0.05, 0) is 43.0 Å². The molecule has 0 bridgehead atoms. The Morgan fingerprint density at radius 1 is 1.40 bits per heavy atom. The lowest BCUT2D eigenvalue weighted by Gasteiger charge is -2.30. The number of rotatable bonds is 6. The summed E-state index contributed by atoms with van der Waals surface area (Å²) in [6, 6.07) is 7.54. The minimum atomic E-state index is -0.0438. The van der Waals surface area contributed by atoms with Gasteiger partial charge in [0.25, 0.3) is 0 Å². The molecule has 25 heavy (non-hydrogen) atoms. The minimum absolute atomic E-state index is 0.0438. The molecular formula is C19H25N3O2S. The number of likely N-dealkylation sites (tertiary alicyclic amines) is 1. The Labute approximate surface area is 153 Å². The van der Waals surface area contributed by atoms with Crippen molar-refractivity contribution < 1.29 is 9.53 Å². The zero-order chi connectivity index (χ0) is 17.6. The zero-order valence-corrected chi connectivity index (χ0v) is 15.6. The number of nitrogens with one attached hydrogen (secondary N) is 1. The molecule has 0 aliphatic carbocycles. The molecule has 1 atom stereocenters. The van der Waals surface area contributed by atoms with Crippen LogP contribution in [0, 0.1) is 5.92 Å². The number of ether oxygens (including phenoxy) is 1. The van der Waals surface area contributed by atoms with E-state index in [1.165, 1.54) is 24.2 Å². The summed E-state index contributed by atoms with van der Waals surface area (Å²) < 4.78 is 5.13. The van der Waals surface area contributed by atoms with Gasteiger partial charge in [-0.3, -0.25) is 9.69 Å². The highest BCUT2D eigenvalue weighted by Gasteiger charge is 2.17. The Morgan fingerprint density at radius 3 is 2.92 bits per heavy atom. The second kappa shape index (κ2) is 8.45. The molecule has 1 N–H and O–H groups in total. The van der Waals surface area contributed by atoms with Crippen LogP contribution in [0.5, 0.6) is 5.75 Å². The molecular weight excluding hydrogens is 334 g/mol. The van der Waals surface area contributed by atoms with Crippen LogP contribution in [0.15, 0.2) is 29.6 Å². The van der Waals surface area contributed by atoms with E-state index in [1.54, 1.807) is 7.11 Å². The third-order valence-corrected chi connectivity index (χ3v) is 5.26. The summed E-state index contributed by atoms with van der Waals surface area (Å²) in [4.78, 5) is 19.2. The summed E-state index contributed by atoms with van der Waals surface area (Å²) in [6.07, 6.45) is 2.92. The van der Waals surface area contributed by atoms with Crippen molar-refractivity contribution in [3.8, 4) is 5.75 Å². The minimum Gasteiger partial charge on any atom is -0.497 e. The van der Waals surface area contributed by atoms with E-state index in [-0.39, 0.29) is 5.91 Å². The Balaban J connectivity index is 1.50. The van der Waals surface area contributed by atoms with Gasteiger partial charge in [0.1, 0.15) is 5.75 Å². The standard InChI is InChI=1S/C19H25N3O2S/c1-14-4-3-9-22(11-14)12-16-13-25-19(20-16)21-18(23)10-15-5-7-17(24-2)8-6-15/h5-8,13-14H,3-4,9-12H2,1-2H3,(H,20,21,23). The number of hydrogen-bond donors (Lipinski definition) is 1. The summed E-state index contributed by atoms with van der Waals surface area (Å²) in [5.41, 5.74) is 2.00. The fraction of sp³-hybridized carbons (Fsp3) is 0.474. The van der Waals surface area contributed by atoms with E-state index in [1.807, 2.05) is 29.6 Å². The number of amides is 1. The van der Waals surface area contributed by atoms with Crippen molar-refractivity contribution in [2.75, 3.05) is 25.5 Å². The van der Waals surface area contributed by atoms with Crippen molar-refractivity contribution >= 4 is 22.4 Å². The highest BCUT2D eigenvalue weighted by atomic mass is 32.1. The van der Waals surface area contributed by atoms with Gasteiger partial charge in [0.15, 0.2) is 5.13 Å². The summed E-state index contributed by atoms with van der Waals surface area (Å²) in [5.74, 6) is 1.51. The van der Waals surface area contributed by atoms with Crippen molar-refractivity contribution in [1.82, 2.24) is 9.88 Å². The molecule has 1 aliphatic rings. The molecule has 0 radical (unpaired) electrons. The smallest absolute Gasteiger partial charge is 0.230 e. The molecule has 1 aromatic heterocycles. The number of nitrogens with zero attached hydrogens (tertiary/aromatic N) is 2. The van der Waals surface area contributed by atoms with Crippen LogP contribution >= 0.6 is 11.3 Å². The fourth-order valence-corrected chi connectivity index (χ4v) is 3.91. The van der Waals surface area contributed by atoms with E-state index >= 15 is 0 Å². The number of carbonyl (C=O) groups excluding carboxylic acids is 1.